The van der Waals surface area contributed by atoms with Crippen LogP contribution in [-0.4, -0.2) is 19.6 Å². The number of nitrogens with one attached hydrogen (secondary N) is 1. The molecule has 2 nitrogen and oxygen atoms in total. The summed E-state index contributed by atoms with van der Waals surface area (Å²) in [6.07, 6.45) is 2.18. The first-order valence-corrected chi connectivity index (χ1v) is 6.14. The van der Waals surface area contributed by atoms with Crippen molar-refractivity contribution in [3.63, 3.8) is 0 Å². The van der Waals surface area contributed by atoms with E-state index in [1.54, 1.807) is 11.3 Å². The third kappa shape index (κ3) is 4.76. The number of thiophene rings is 1. The lowest BCUT2D eigenvalue weighted by atomic mass is 10.3. The molecule has 1 rings (SSSR count). The summed E-state index contributed by atoms with van der Waals surface area (Å²) >= 11 is 5.24. The first-order chi connectivity index (χ1) is 6.33. The molecule has 1 aromatic rings. The highest BCUT2D eigenvalue weighted by Crippen LogP contribution is 2.19. The summed E-state index contributed by atoms with van der Waals surface area (Å²) in [4.78, 5) is 1.42. The SMILES string of the molecule is NCCCNCCc1cc(Br)cs1. The highest BCUT2D eigenvalue weighted by molar-refractivity contribution is 9.10. The topological polar surface area (TPSA) is 38.0 Å². The Kier molecular flexibility index (Phi) is 5.62. The van der Waals surface area contributed by atoms with Crippen molar-refractivity contribution in [3.8, 4) is 0 Å². The summed E-state index contributed by atoms with van der Waals surface area (Å²) in [6.45, 7) is 2.85. The van der Waals surface area contributed by atoms with E-state index >= 15 is 0 Å². The lowest BCUT2D eigenvalue weighted by Gasteiger charge is -2.01. The molecule has 13 heavy (non-hydrogen) atoms. The van der Waals surface area contributed by atoms with Crippen molar-refractivity contribution in [2.45, 2.75) is 12.8 Å². The quantitative estimate of drug-likeness (QED) is 0.770. The van der Waals surface area contributed by atoms with E-state index in [1.165, 1.54) is 9.35 Å². The van der Waals surface area contributed by atoms with Crippen molar-refractivity contribution in [2.75, 3.05) is 19.6 Å². The van der Waals surface area contributed by atoms with Gasteiger partial charge in [0.25, 0.3) is 0 Å². The molecule has 0 saturated heterocycles. The van der Waals surface area contributed by atoms with Gasteiger partial charge in [-0.2, -0.15) is 0 Å². The molecule has 0 aliphatic carbocycles. The zero-order chi connectivity index (χ0) is 9.52. The smallest absolute Gasteiger partial charge is 0.0285 e. The fourth-order valence-corrected chi connectivity index (χ4v) is 2.50. The van der Waals surface area contributed by atoms with Crippen molar-refractivity contribution < 1.29 is 0 Å². The molecule has 4 heteroatoms. The normalized spacial score (nSPS) is 10.6. The lowest BCUT2D eigenvalue weighted by Crippen LogP contribution is -2.20. The van der Waals surface area contributed by atoms with E-state index in [9.17, 15) is 0 Å². The second-order valence-corrected chi connectivity index (χ2v) is 4.78. The van der Waals surface area contributed by atoms with Gasteiger partial charge >= 0.3 is 0 Å². The van der Waals surface area contributed by atoms with Gasteiger partial charge in [0.2, 0.25) is 0 Å². The molecular formula is C9H15BrN2S. The molecule has 1 aromatic heterocycles. The third-order valence-corrected chi connectivity index (χ3v) is 3.49. The van der Waals surface area contributed by atoms with Crippen molar-refractivity contribution >= 4 is 27.3 Å². The maximum atomic E-state index is 5.38. The van der Waals surface area contributed by atoms with E-state index in [0.29, 0.717) is 0 Å². The van der Waals surface area contributed by atoms with Crippen LogP contribution in [-0.2, 0) is 6.42 Å². The predicted molar refractivity (Wildman–Crippen MR) is 62.3 cm³/mol. The van der Waals surface area contributed by atoms with Gasteiger partial charge in [0.15, 0.2) is 0 Å². The molecule has 0 spiro atoms. The van der Waals surface area contributed by atoms with Crippen LogP contribution in [0.2, 0.25) is 0 Å². The monoisotopic (exact) mass is 262 g/mol. The average molecular weight is 263 g/mol. The largest absolute Gasteiger partial charge is 0.330 e. The van der Waals surface area contributed by atoms with Crippen molar-refractivity contribution in [1.82, 2.24) is 5.32 Å². The molecule has 74 valence electrons. The average Bonchev–Trinajstić information content (AvgIpc) is 2.51. The summed E-state index contributed by atoms with van der Waals surface area (Å²) in [7, 11) is 0. The van der Waals surface area contributed by atoms with Gasteiger partial charge in [0.05, 0.1) is 0 Å². The Morgan fingerprint density at radius 1 is 1.46 bits per heavy atom. The van der Waals surface area contributed by atoms with Gasteiger partial charge in [0.1, 0.15) is 0 Å². The minimum atomic E-state index is 0.775. The first-order valence-electron chi connectivity index (χ1n) is 4.46. The lowest BCUT2D eigenvalue weighted by molar-refractivity contribution is 0.655. The second-order valence-electron chi connectivity index (χ2n) is 2.87. The van der Waals surface area contributed by atoms with Crippen LogP contribution in [0.15, 0.2) is 15.9 Å². The standard InChI is InChI=1S/C9H15BrN2S/c10-8-6-9(13-7-8)2-5-12-4-1-3-11/h6-7,12H,1-5,11H2. The van der Waals surface area contributed by atoms with E-state index < -0.39 is 0 Å². The Balaban J connectivity index is 2.06. The molecule has 0 amide bonds. The van der Waals surface area contributed by atoms with Crippen LogP contribution in [0.1, 0.15) is 11.3 Å². The Hall–Kier alpha value is 0.1000. The predicted octanol–water partition coefficient (Wildman–Crippen LogP) is 1.99. The van der Waals surface area contributed by atoms with Crippen LogP contribution in [0, 0.1) is 0 Å². The Morgan fingerprint density at radius 2 is 2.31 bits per heavy atom. The van der Waals surface area contributed by atoms with Gasteiger partial charge in [-0.05, 0) is 54.5 Å². The van der Waals surface area contributed by atoms with Crippen LogP contribution in [0.3, 0.4) is 0 Å². The van der Waals surface area contributed by atoms with Crippen LogP contribution < -0.4 is 11.1 Å². The fourth-order valence-electron chi connectivity index (χ4n) is 1.05. The maximum Gasteiger partial charge on any atom is 0.0285 e. The van der Waals surface area contributed by atoms with E-state index in [0.717, 1.165) is 32.5 Å². The maximum absolute atomic E-state index is 5.38. The minimum absolute atomic E-state index is 0.775. The molecule has 0 unspecified atom stereocenters. The highest BCUT2D eigenvalue weighted by atomic mass is 79.9. The number of halogens is 1. The number of rotatable bonds is 6. The molecule has 0 fully saturated rings. The molecule has 0 aromatic carbocycles. The van der Waals surface area contributed by atoms with Gasteiger partial charge < -0.3 is 11.1 Å². The Bertz CT molecular complexity index is 237. The summed E-state index contributed by atoms with van der Waals surface area (Å²) in [5.41, 5.74) is 5.38. The van der Waals surface area contributed by atoms with Crippen LogP contribution in [0.4, 0.5) is 0 Å². The summed E-state index contributed by atoms with van der Waals surface area (Å²) in [5, 5.41) is 5.48. The van der Waals surface area contributed by atoms with Crippen LogP contribution in [0.25, 0.3) is 0 Å². The first kappa shape index (κ1) is 11.2. The summed E-state index contributed by atoms with van der Waals surface area (Å²) < 4.78 is 1.19. The van der Waals surface area contributed by atoms with Crippen molar-refractivity contribution in [1.29, 1.82) is 0 Å². The molecule has 1 heterocycles. The Morgan fingerprint density at radius 3 is 2.92 bits per heavy atom. The van der Waals surface area contributed by atoms with E-state index in [1.807, 2.05) is 0 Å². The molecule has 0 aliphatic heterocycles. The van der Waals surface area contributed by atoms with Gasteiger partial charge in [-0.25, -0.2) is 0 Å². The van der Waals surface area contributed by atoms with E-state index in [4.69, 9.17) is 5.73 Å². The summed E-state index contributed by atoms with van der Waals surface area (Å²) in [5.74, 6) is 0. The van der Waals surface area contributed by atoms with E-state index in [2.05, 4.69) is 32.7 Å². The van der Waals surface area contributed by atoms with Gasteiger partial charge in [-0.1, -0.05) is 0 Å². The Labute approximate surface area is 91.7 Å². The van der Waals surface area contributed by atoms with E-state index in [-0.39, 0.29) is 0 Å². The van der Waals surface area contributed by atoms with Crippen molar-refractivity contribution in [2.24, 2.45) is 5.73 Å². The summed E-state index contributed by atoms with van der Waals surface area (Å²) in [6, 6.07) is 2.18. The zero-order valence-corrected chi connectivity index (χ0v) is 9.96. The number of hydrogen-bond donors (Lipinski definition) is 2. The van der Waals surface area contributed by atoms with Crippen LogP contribution in [0.5, 0.6) is 0 Å². The second kappa shape index (κ2) is 6.54. The van der Waals surface area contributed by atoms with Gasteiger partial charge in [-0.3, -0.25) is 0 Å². The molecule has 0 radical (unpaired) electrons. The zero-order valence-electron chi connectivity index (χ0n) is 7.55. The molecule has 0 bridgehead atoms. The molecular weight excluding hydrogens is 248 g/mol. The van der Waals surface area contributed by atoms with Gasteiger partial charge in [-0.15, -0.1) is 11.3 Å². The minimum Gasteiger partial charge on any atom is -0.330 e. The molecule has 3 N–H and O–H groups in total. The molecule has 0 aliphatic rings. The number of nitrogens with two attached hydrogens (primary N) is 1. The third-order valence-electron chi connectivity index (χ3n) is 1.73. The van der Waals surface area contributed by atoms with Crippen molar-refractivity contribution in [3.05, 3.63) is 20.8 Å². The molecule has 0 atom stereocenters. The highest BCUT2D eigenvalue weighted by Gasteiger charge is 1.96. The molecule has 0 saturated carbocycles. The fraction of sp³-hybridized carbons (Fsp3) is 0.556. The number of hydrogen-bond acceptors (Lipinski definition) is 3. The van der Waals surface area contributed by atoms with Gasteiger partial charge in [0, 0.05) is 14.7 Å². The van der Waals surface area contributed by atoms with Crippen LogP contribution >= 0.6 is 27.3 Å².